The topological polar surface area (TPSA) is 24.5 Å². The van der Waals surface area contributed by atoms with E-state index in [0.717, 1.165) is 48.6 Å². The Hall–Kier alpha value is -0.910. The van der Waals surface area contributed by atoms with E-state index in [1.54, 1.807) is 7.11 Å². The zero-order valence-electron chi connectivity index (χ0n) is 13.4. The molecule has 0 unspecified atom stereocenters. The van der Waals surface area contributed by atoms with Crippen LogP contribution in [0.15, 0.2) is 12.1 Å². The monoisotopic (exact) mass is 334 g/mol. The van der Waals surface area contributed by atoms with Crippen molar-refractivity contribution in [2.45, 2.75) is 32.7 Å². The second-order valence-electron chi connectivity index (χ2n) is 5.62. The molecule has 0 spiro atoms. The molecule has 1 heterocycles. The van der Waals surface area contributed by atoms with Crippen molar-refractivity contribution in [2.75, 3.05) is 33.3 Å². The fraction of sp³-hybridized carbons (Fsp3) is 0.625. The van der Waals surface area contributed by atoms with Crippen molar-refractivity contribution in [3.63, 3.8) is 0 Å². The molecule has 0 radical (unpaired) electrons. The van der Waals surface area contributed by atoms with Gasteiger partial charge in [-0.2, -0.15) is 0 Å². The summed E-state index contributed by atoms with van der Waals surface area (Å²) in [5.74, 6) is 0.842. The molecule has 0 aromatic heterocycles. The molecule has 1 aliphatic rings. The van der Waals surface area contributed by atoms with E-state index in [-0.39, 0.29) is 24.9 Å². The van der Waals surface area contributed by atoms with Gasteiger partial charge in [0.1, 0.15) is 5.75 Å². The summed E-state index contributed by atoms with van der Waals surface area (Å²) in [4.78, 5) is 2.16. The molecule has 1 N–H and O–H groups in total. The third-order valence-corrected chi connectivity index (χ3v) is 4.07. The molecule has 1 fully saturated rings. The third kappa shape index (κ3) is 4.54. The summed E-state index contributed by atoms with van der Waals surface area (Å²) in [5.41, 5.74) is 2.97. The van der Waals surface area contributed by atoms with E-state index in [9.17, 15) is 8.78 Å². The van der Waals surface area contributed by atoms with Crippen molar-refractivity contribution < 1.29 is 13.5 Å². The van der Waals surface area contributed by atoms with Gasteiger partial charge in [0.25, 0.3) is 0 Å². The van der Waals surface area contributed by atoms with Crippen LogP contribution >= 0.6 is 12.4 Å². The van der Waals surface area contributed by atoms with Crippen molar-refractivity contribution in [3.05, 3.63) is 28.8 Å². The van der Waals surface area contributed by atoms with Crippen molar-refractivity contribution in [2.24, 2.45) is 0 Å². The van der Waals surface area contributed by atoms with E-state index in [1.165, 1.54) is 0 Å². The van der Waals surface area contributed by atoms with Crippen LogP contribution in [0.2, 0.25) is 0 Å². The molecule has 2 rings (SSSR count). The normalized spacial score (nSPS) is 17.2. The van der Waals surface area contributed by atoms with Crippen molar-refractivity contribution in [1.29, 1.82) is 0 Å². The number of alkyl halides is 2. The maximum absolute atomic E-state index is 13.0. The molecule has 1 aromatic carbocycles. The number of nitrogens with one attached hydrogen (secondary N) is 1. The van der Waals surface area contributed by atoms with Gasteiger partial charge in [-0.15, -0.1) is 12.4 Å². The number of aryl methyl sites for hydroxylation is 2. The Morgan fingerprint density at radius 2 is 1.73 bits per heavy atom. The van der Waals surface area contributed by atoms with Gasteiger partial charge in [0.05, 0.1) is 7.11 Å². The first kappa shape index (κ1) is 19.1. The van der Waals surface area contributed by atoms with Gasteiger partial charge in [-0.25, -0.2) is 8.78 Å². The lowest BCUT2D eigenvalue weighted by Crippen LogP contribution is -2.45. The molecular formula is C16H25ClF2N2O. The van der Waals surface area contributed by atoms with Crippen molar-refractivity contribution in [3.8, 4) is 5.75 Å². The summed E-state index contributed by atoms with van der Waals surface area (Å²) in [6.45, 7) is 7.25. The average Bonchev–Trinajstić information content (AvgIpc) is 2.45. The van der Waals surface area contributed by atoms with Gasteiger partial charge in [-0.05, 0) is 30.5 Å². The predicted molar refractivity (Wildman–Crippen MR) is 87.5 cm³/mol. The highest BCUT2D eigenvalue weighted by atomic mass is 35.5. The second-order valence-corrected chi connectivity index (χ2v) is 5.62. The molecule has 0 saturated carbocycles. The van der Waals surface area contributed by atoms with Crippen LogP contribution in [0.25, 0.3) is 0 Å². The van der Waals surface area contributed by atoms with Gasteiger partial charge in [-0.3, -0.25) is 4.90 Å². The first-order chi connectivity index (χ1) is 10.0. The van der Waals surface area contributed by atoms with Crippen LogP contribution in [0.3, 0.4) is 0 Å². The van der Waals surface area contributed by atoms with Crippen molar-refractivity contribution >= 4 is 12.4 Å². The molecule has 0 amide bonds. The number of piperazine rings is 1. The number of ether oxygens (including phenoxy) is 1. The number of methoxy groups -OCH3 is 1. The standard InChI is InChI=1S/C16H24F2N2O.ClH/c1-11-8-13(9-12(2)16(11)21-3)14(10-15(17)18)20-6-4-19-5-7-20;/h8-9,14-15,19H,4-7,10H2,1-3H3;1H/t14-;/m0./s1. The Bertz CT molecular complexity index is 456. The van der Waals surface area contributed by atoms with Crippen LogP contribution in [0, 0.1) is 13.8 Å². The number of benzene rings is 1. The molecule has 1 atom stereocenters. The molecule has 0 aliphatic carbocycles. The maximum Gasteiger partial charge on any atom is 0.240 e. The number of hydrogen-bond acceptors (Lipinski definition) is 3. The molecule has 1 saturated heterocycles. The van der Waals surface area contributed by atoms with E-state index in [1.807, 2.05) is 26.0 Å². The highest BCUT2D eigenvalue weighted by Gasteiger charge is 2.26. The lowest BCUT2D eigenvalue weighted by Gasteiger charge is -2.35. The molecular weight excluding hydrogens is 310 g/mol. The molecule has 3 nitrogen and oxygen atoms in total. The van der Waals surface area contributed by atoms with Gasteiger partial charge in [0.2, 0.25) is 6.43 Å². The maximum atomic E-state index is 13.0. The summed E-state index contributed by atoms with van der Waals surface area (Å²) >= 11 is 0. The summed E-state index contributed by atoms with van der Waals surface area (Å²) < 4.78 is 31.4. The second kappa shape index (κ2) is 8.65. The van der Waals surface area contributed by atoms with Gasteiger partial charge < -0.3 is 10.1 Å². The molecule has 6 heteroatoms. The van der Waals surface area contributed by atoms with Gasteiger partial charge in [0, 0.05) is 38.6 Å². The Labute approximate surface area is 137 Å². The molecule has 1 aliphatic heterocycles. The lowest BCUT2D eigenvalue weighted by molar-refractivity contribution is 0.0738. The minimum atomic E-state index is -2.30. The Morgan fingerprint density at radius 1 is 1.18 bits per heavy atom. The smallest absolute Gasteiger partial charge is 0.240 e. The van der Waals surface area contributed by atoms with Crippen LogP contribution in [0.4, 0.5) is 8.78 Å². The zero-order chi connectivity index (χ0) is 15.4. The van der Waals surface area contributed by atoms with E-state index in [4.69, 9.17) is 4.74 Å². The van der Waals surface area contributed by atoms with Crippen LogP contribution in [-0.2, 0) is 0 Å². The largest absolute Gasteiger partial charge is 0.496 e. The van der Waals surface area contributed by atoms with Gasteiger partial charge in [0.15, 0.2) is 0 Å². The molecule has 22 heavy (non-hydrogen) atoms. The zero-order valence-corrected chi connectivity index (χ0v) is 14.2. The van der Waals surface area contributed by atoms with Crippen LogP contribution in [0.1, 0.15) is 29.2 Å². The van der Waals surface area contributed by atoms with Crippen LogP contribution in [0.5, 0.6) is 5.75 Å². The number of hydrogen-bond donors (Lipinski definition) is 1. The summed E-state index contributed by atoms with van der Waals surface area (Å²) in [6.07, 6.45) is -2.42. The van der Waals surface area contributed by atoms with E-state index in [0.29, 0.717) is 0 Å². The summed E-state index contributed by atoms with van der Waals surface area (Å²) in [6, 6.07) is 3.75. The van der Waals surface area contributed by atoms with E-state index >= 15 is 0 Å². The Morgan fingerprint density at radius 3 is 2.18 bits per heavy atom. The minimum absolute atomic E-state index is 0. The van der Waals surface area contributed by atoms with Crippen molar-refractivity contribution in [1.82, 2.24) is 10.2 Å². The summed E-state index contributed by atoms with van der Waals surface area (Å²) in [5, 5.41) is 3.27. The fourth-order valence-electron chi connectivity index (χ4n) is 3.16. The fourth-order valence-corrected chi connectivity index (χ4v) is 3.16. The Kier molecular flexibility index (Phi) is 7.53. The van der Waals surface area contributed by atoms with Gasteiger partial charge in [-0.1, -0.05) is 12.1 Å². The SMILES string of the molecule is COc1c(C)cc([C@H](CC(F)F)N2CCNCC2)cc1C.Cl. The predicted octanol–water partition coefficient (Wildman–Crippen LogP) is 3.34. The number of halogens is 3. The van der Waals surface area contributed by atoms with Gasteiger partial charge >= 0.3 is 0 Å². The highest BCUT2D eigenvalue weighted by Crippen LogP contribution is 2.33. The molecule has 0 bridgehead atoms. The first-order valence-corrected chi connectivity index (χ1v) is 7.41. The van der Waals surface area contributed by atoms with Crippen LogP contribution in [-0.4, -0.2) is 44.6 Å². The molecule has 126 valence electrons. The Balaban J connectivity index is 0.00000242. The van der Waals surface area contributed by atoms with Crippen LogP contribution < -0.4 is 10.1 Å². The van der Waals surface area contributed by atoms with E-state index in [2.05, 4.69) is 10.2 Å². The first-order valence-electron chi connectivity index (χ1n) is 7.41. The number of rotatable bonds is 5. The quantitative estimate of drug-likeness (QED) is 0.894. The average molecular weight is 335 g/mol. The number of nitrogens with zero attached hydrogens (tertiary/aromatic N) is 1. The van der Waals surface area contributed by atoms with E-state index < -0.39 is 6.43 Å². The molecule has 1 aromatic rings. The lowest BCUT2D eigenvalue weighted by atomic mass is 9.96. The third-order valence-electron chi connectivity index (χ3n) is 4.07. The highest BCUT2D eigenvalue weighted by molar-refractivity contribution is 5.85. The minimum Gasteiger partial charge on any atom is -0.496 e. The summed E-state index contributed by atoms with van der Waals surface area (Å²) in [7, 11) is 1.64.